The van der Waals surface area contributed by atoms with E-state index in [1.807, 2.05) is 0 Å². The number of hydrogen-bond acceptors (Lipinski definition) is 4. The first-order valence-electron chi connectivity index (χ1n) is 5.63. The van der Waals surface area contributed by atoms with E-state index in [0.717, 1.165) is 0 Å². The lowest BCUT2D eigenvalue weighted by Gasteiger charge is -2.12. The molecule has 7 heteroatoms. The molecule has 0 bridgehead atoms. The van der Waals surface area contributed by atoms with E-state index in [2.05, 4.69) is 0 Å². The Morgan fingerprint density at radius 3 is 2.16 bits per heavy atom. The van der Waals surface area contributed by atoms with E-state index in [9.17, 15) is 18.0 Å². The quantitative estimate of drug-likeness (QED) is 0.782. The maximum Gasteiger partial charge on any atom is 0.307 e. The molecule has 0 aliphatic rings. The second-order valence-electron chi connectivity index (χ2n) is 4.06. The summed E-state index contributed by atoms with van der Waals surface area (Å²) < 4.78 is 24.2. The number of amides is 1. The Bertz CT molecular complexity index is 577. The highest BCUT2D eigenvalue weighted by Crippen LogP contribution is 2.19. The lowest BCUT2D eigenvalue weighted by Crippen LogP contribution is -2.35. The smallest absolute Gasteiger partial charge is 0.307 e. The van der Waals surface area contributed by atoms with E-state index in [0.29, 0.717) is 5.56 Å². The number of carbonyl (C=O) groups excluding carboxylic acids is 1. The standard InChI is InChI=1S/C12H15NO5S/c1-2-10(12(13)16)19(17,18)9-5-3-8(4-6-9)7-11(14)15/h3-6,10H,2,7H2,1H3,(H2,13,16)(H,14,15). The van der Waals surface area contributed by atoms with Crippen molar-refractivity contribution in [2.24, 2.45) is 5.73 Å². The summed E-state index contributed by atoms with van der Waals surface area (Å²) in [5, 5.41) is 7.35. The van der Waals surface area contributed by atoms with Crippen LogP contribution < -0.4 is 5.73 Å². The van der Waals surface area contributed by atoms with Gasteiger partial charge in [-0.15, -0.1) is 0 Å². The van der Waals surface area contributed by atoms with Crippen molar-refractivity contribution in [3.05, 3.63) is 29.8 Å². The first kappa shape index (κ1) is 15.2. The van der Waals surface area contributed by atoms with Crippen LogP contribution in [-0.4, -0.2) is 30.7 Å². The number of primary amides is 1. The molecule has 0 fully saturated rings. The van der Waals surface area contributed by atoms with Gasteiger partial charge in [-0.25, -0.2) is 8.42 Å². The lowest BCUT2D eigenvalue weighted by atomic mass is 10.2. The fourth-order valence-electron chi connectivity index (χ4n) is 1.71. The molecule has 0 aromatic heterocycles. The predicted molar refractivity (Wildman–Crippen MR) is 68.2 cm³/mol. The highest BCUT2D eigenvalue weighted by atomic mass is 32.2. The molecular weight excluding hydrogens is 270 g/mol. The molecule has 1 rings (SSSR count). The molecule has 19 heavy (non-hydrogen) atoms. The van der Waals surface area contributed by atoms with Crippen LogP contribution in [-0.2, 0) is 25.8 Å². The number of rotatable bonds is 6. The van der Waals surface area contributed by atoms with Gasteiger partial charge in [0.25, 0.3) is 0 Å². The van der Waals surface area contributed by atoms with E-state index in [1.165, 1.54) is 24.3 Å². The molecule has 0 aliphatic carbocycles. The lowest BCUT2D eigenvalue weighted by molar-refractivity contribution is -0.136. The van der Waals surface area contributed by atoms with Crippen LogP contribution in [0.2, 0.25) is 0 Å². The molecule has 0 heterocycles. The first-order valence-corrected chi connectivity index (χ1v) is 7.17. The van der Waals surface area contributed by atoms with Crippen LogP contribution >= 0.6 is 0 Å². The fraction of sp³-hybridized carbons (Fsp3) is 0.333. The molecule has 0 radical (unpaired) electrons. The van der Waals surface area contributed by atoms with Crippen molar-refractivity contribution >= 4 is 21.7 Å². The number of sulfone groups is 1. The van der Waals surface area contributed by atoms with Gasteiger partial charge in [-0.3, -0.25) is 9.59 Å². The number of carboxylic acids is 1. The summed E-state index contributed by atoms with van der Waals surface area (Å²) in [6, 6.07) is 5.40. The van der Waals surface area contributed by atoms with Gasteiger partial charge in [0.15, 0.2) is 9.84 Å². The SMILES string of the molecule is CCC(C(N)=O)S(=O)(=O)c1ccc(CC(=O)O)cc1. The van der Waals surface area contributed by atoms with Crippen LogP contribution in [0.15, 0.2) is 29.2 Å². The third kappa shape index (κ3) is 3.54. The predicted octanol–water partition coefficient (Wildman–Crippen LogP) is 0.351. The maximum atomic E-state index is 12.1. The Morgan fingerprint density at radius 1 is 1.26 bits per heavy atom. The van der Waals surface area contributed by atoms with Crippen molar-refractivity contribution in [1.82, 2.24) is 0 Å². The summed E-state index contributed by atoms with van der Waals surface area (Å²) in [7, 11) is -3.82. The fourth-order valence-corrected chi connectivity index (χ4v) is 3.30. The molecule has 1 amide bonds. The highest BCUT2D eigenvalue weighted by Gasteiger charge is 2.30. The van der Waals surface area contributed by atoms with E-state index in [4.69, 9.17) is 10.8 Å². The van der Waals surface area contributed by atoms with Crippen molar-refractivity contribution in [3.8, 4) is 0 Å². The van der Waals surface area contributed by atoms with Crippen LogP contribution in [0.4, 0.5) is 0 Å². The van der Waals surface area contributed by atoms with Gasteiger partial charge in [0, 0.05) is 0 Å². The van der Waals surface area contributed by atoms with Crippen LogP contribution in [0.3, 0.4) is 0 Å². The molecule has 1 aromatic rings. The number of benzene rings is 1. The summed E-state index contributed by atoms with van der Waals surface area (Å²) in [5.41, 5.74) is 5.56. The Kier molecular flexibility index (Phi) is 4.66. The molecule has 6 nitrogen and oxygen atoms in total. The van der Waals surface area contributed by atoms with Crippen LogP contribution in [0.1, 0.15) is 18.9 Å². The molecule has 0 aliphatic heterocycles. The van der Waals surface area contributed by atoms with Gasteiger partial charge in [-0.05, 0) is 24.1 Å². The summed E-state index contributed by atoms with van der Waals surface area (Å²) >= 11 is 0. The molecule has 104 valence electrons. The van der Waals surface area contributed by atoms with Crippen molar-refractivity contribution in [3.63, 3.8) is 0 Å². The maximum absolute atomic E-state index is 12.1. The minimum absolute atomic E-state index is 0.0349. The van der Waals surface area contributed by atoms with Crippen molar-refractivity contribution in [2.45, 2.75) is 29.9 Å². The second kappa shape index (κ2) is 5.83. The third-order valence-electron chi connectivity index (χ3n) is 2.67. The van der Waals surface area contributed by atoms with Crippen LogP contribution in [0, 0.1) is 0 Å². The molecule has 0 saturated carbocycles. The monoisotopic (exact) mass is 285 g/mol. The number of hydrogen-bond donors (Lipinski definition) is 2. The summed E-state index contributed by atoms with van der Waals surface area (Å²) in [5.74, 6) is -1.89. The van der Waals surface area contributed by atoms with Crippen LogP contribution in [0.5, 0.6) is 0 Å². The minimum Gasteiger partial charge on any atom is -0.481 e. The van der Waals surface area contributed by atoms with Gasteiger partial charge in [0.2, 0.25) is 5.91 Å². The van der Waals surface area contributed by atoms with Crippen molar-refractivity contribution < 1.29 is 23.1 Å². The summed E-state index contributed by atoms with van der Waals surface area (Å²) in [4.78, 5) is 21.6. The van der Waals surface area contributed by atoms with Gasteiger partial charge in [-0.1, -0.05) is 19.1 Å². The molecule has 1 aromatic carbocycles. The summed E-state index contributed by atoms with van der Waals surface area (Å²) in [6.07, 6.45) is -0.0953. The Labute approximate surface area is 111 Å². The first-order chi connectivity index (χ1) is 8.78. The van der Waals surface area contributed by atoms with Gasteiger partial charge in [0.05, 0.1) is 11.3 Å². The van der Waals surface area contributed by atoms with Gasteiger partial charge < -0.3 is 10.8 Å². The number of carboxylic acid groups (broad SMARTS) is 1. The van der Waals surface area contributed by atoms with Gasteiger partial charge >= 0.3 is 5.97 Å². The molecule has 0 spiro atoms. The third-order valence-corrected chi connectivity index (χ3v) is 4.91. The van der Waals surface area contributed by atoms with E-state index in [1.54, 1.807) is 6.92 Å². The highest BCUT2D eigenvalue weighted by molar-refractivity contribution is 7.92. The second-order valence-corrected chi connectivity index (χ2v) is 6.19. The Hall–Kier alpha value is -1.89. The zero-order chi connectivity index (χ0) is 14.6. The Morgan fingerprint density at radius 2 is 1.79 bits per heavy atom. The van der Waals surface area contributed by atoms with Crippen molar-refractivity contribution in [2.75, 3.05) is 0 Å². The number of nitrogens with two attached hydrogens (primary N) is 1. The number of carbonyl (C=O) groups is 2. The van der Waals surface area contributed by atoms with Gasteiger partial charge in [0.1, 0.15) is 5.25 Å². The Balaban J connectivity index is 3.09. The molecule has 1 atom stereocenters. The molecule has 3 N–H and O–H groups in total. The zero-order valence-corrected chi connectivity index (χ0v) is 11.2. The average Bonchev–Trinajstić information content (AvgIpc) is 2.28. The normalized spacial score (nSPS) is 12.9. The molecule has 1 unspecified atom stereocenters. The topological polar surface area (TPSA) is 115 Å². The van der Waals surface area contributed by atoms with Crippen molar-refractivity contribution in [1.29, 1.82) is 0 Å². The summed E-state index contributed by atoms with van der Waals surface area (Å²) in [6.45, 7) is 1.56. The van der Waals surface area contributed by atoms with E-state index >= 15 is 0 Å². The minimum atomic E-state index is -3.82. The van der Waals surface area contributed by atoms with E-state index in [-0.39, 0.29) is 17.7 Å². The largest absolute Gasteiger partial charge is 0.481 e. The molecule has 0 saturated heterocycles. The molecular formula is C12H15NO5S. The average molecular weight is 285 g/mol. The number of aliphatic carboxylic acids is 1. The van der Waals surface area contributed by atoms with Crippen LogP contribution in [0.25, 0.3) is 0 Å². The van der Waals surface area contributed by atoms with E-state index < -0.39 is 27.0 Å². The zero-order valence-electron chi connectivity index (χ0n) is 10.4. The van der Waals surface area contributed by atoms with Gasteiger partial charge in [-0.2, -0.15) is 0 Å².